The third kappa shape index (κ3) is 3.51. The van der Waals surface area contributed by atoms with Crippen LogP contribution < -0.4 is 10.4 Å². The van der Waals surface area contributed by atoms with Crippen LogP contribution in [0, 0.1) is 11.7 Å². The molecule has 1 atom stereocenters. The van der Waals surface area contributed by atoms with E-state index in [-0.39, 0.29) is 11.7 Å². The molecule has 0 nitrogen and oxygen atoms in total. The summed E-state index contributed by atoms with van der Waals surface area (Å²) in [6, 6.07) is 32.1. The van der Waals surface area contributed by atoms with Crippen molar-refractivity contribution < 1.29 is 4.39 Å². The van der Waals surface area contributed by atoms with Crippen molar-refractivity contribution in [3.63, 3.8) is 0 Å². The molecule has 3 aromatic carbocycles. The monoisotopic (exact) mass is 374 g/mol. The number of halogens is 1. The fraction of sp³-hybridized carbons (Fsp3) is 0.280. The Hall–Kier alpha value is -2.19. The Morgan fingerprint density at radius 1 is 0.741 bits per heavy atom. The third-order valence-corrected chi connectivity index (χ3v) is 11.8. The topological polar surface area (TPSA) is 0 Å². The minimum Gasteiger partial charge on any atom is -0.207 e. The molecule has 1 aliphatic rings. The molecule has 0 spiro atoms. The highest BCUT2D eigenvalue weighted by Gasteiger charge is 2.41. The highest BCUT2D eigenvalue weighted by atomic mass is 28.3. The number of hydrogen-bond donors (Lipinski definition) is 0. The predicted octanol–water partition coefficient (Wildman–Crippen LogP) is 5.60. The fourth-order valence-electron chi connectivity index (χ4n) is 4.99. The molecule has 0 aromatic heterocycles. The van der Waals surface area contributed by atoms with Crippen molar-refractivity contribution in [2.24, 2.45) is 5.92 Å². The summed E-state index contributed by atoms with van der Waals surface area (Å²) < 4.78 is 14.3. The maximum Gasteiger partial charge on any atom is 0.126 e. The van der Waals surface area contributed by atoms with Crippen LogP contribution in [0.3, 0.4) is 0 Å². The van der Waals surface area contributed by atoms with Crippen LogP contribution in [0.4, 0.5) is 4.39 Å². The molecule has 1 fully saturated rings. The quantitative estimate of drug-likeness (QED) is 0.521. The van der Waals surface area contributed by atoms with E-state index in [2.05, 4.69) is 67.6 Å². The Bertz CT molecular complexity index is 826. The molecule has 138 valence electrons. The minimum absolute atomic E-state index is 0.0507. The van der Waals surface area contributed by atoms with Gasteiger partial charge >= 0.3 is 0 Å². The van der Waals surface area contributed by atoms with Gasteiger partial charge in [0.1, 0.15) is 13.9 Å². The van der Waals surface area contributed by atoms with E-state index in [1.54, 1.807) is 22.5 Å². The molecule has 27 heavy (non-hydrogen) atoms. The zero-order chi connectivity index (χ0) is 18.7. The number of hydrogen-bond acceptors (Lipinski definition) is 0. The molecular weight excluding hydrogens is 347 g/mol. The fourth-order valence-corrected chi connectivity index (χ4v) is 10.1. The first-order chi connectivity index (χ1) is 13.2. The molecule has 0 bridgehead atoms. The number of benzene rings is 3. The normalized spacial score (nSPS) is 18.1. The van der Waals surface area contributed by atoms with Crippen LogP contribution in [0.1, 0.15) is 31.2 Å². The summed E-state index contributed by atoms with van der Waals surface area (Å²) >= 11 is 0. The van der Waals surface area contributed by atoms with Gasteiger partial charge in [-0.2, -0.15) is 0 Å². The van der Waals surface area contributed by atoms with Crippen molar-refractivity contribution in [3.05, 3.63) is 96.3 Å². The van der Waals surface area contributed by atoms with Crippen molar-refractivity contribution >= 4 is 18.4 Å². The maximum absolute atomic E-state index is 14.3. The first-order valence-corrected chi connectivity index (χ1v) is 12.5. The molecule has 0 saturated carbocycles. The first kappa shape index (κ1) is 18.2. The van der Waals surface area contributed by atoms with Gasteiger partial charge in [0.25, 0.3) is 0 Å². The van der Waals surface area contributed by atoms with Gasteiger partial charge in [-0.05, 0) is 35.6 Å². The smallest absolute Gasteiger partial charge is 0.126 e. The SMILES string of the molecule is CC(c1ccccc1F)C1CC[Si](c2ccccc2)(c2ccccc2)CC1. The second kappa shape index (κ2) is 7.81. The van der Waals surface area contributed by atoms with Gasteiger partial charge in [-0.25, -0.2) is 4.39 Å². The lowest BCUT2D eigenvalue weighted by molar-refractivity contribution is 0.392. The van der Waals surface area contributed by atoms with E-state index in [9.17, 15) is 4.39 Å². The van der Waals surface area contributed by atoms with Crippen LogP contribution in [0.25, 0.3) is 0 Å². The highest BCUT2D eigenvalue weighted by molar-refractivity contribution is 7.02. The molecule has 3 aromatic rings. The molecule has 1 unspecified atom stereocenters. The first-order valence-electron chi connectivity index (χ1n) is 10.1. The Labute approximate surface area is 163 Å². The van der Waals surface area contributed by atoms with Crippen LogP contribution in [0.2, 0.25) is 12.1 Å². The summed E-state index contributed by atoms with van der Waals surface area (Å²) in [4.78, 5) is 0. The van der Waals surface area contributed by atoms with Crippen molar-refractivity contribution in [3.8, 4) is 0 Å². The molecule has 0 amide bonds. The van der Waals surface area contributed by atoms with Gasteiger partial charge in [-0.1, -0.05) is 109 Å². The molecule has 0 N–H and O–H groups in total. The van der Waals surface area contributed by atoms with E-state index >= 15 is 0 Å². The van der Waals surface area contributed by atoms with E-state index in [0.717, 1.165) is 5.56 Å². The van der Waals surface area contributed by atoms with Gasteiger partial charge in [0.05, 0.1) is 0 Å². The summed E-state index contributed by atoms with van der Waals surface area (Å²) in [7, 11) is -1.73. The van der Waals surface area contributed by atoms with Crippen LogP contribution in [0.5, 0.6) is 0 Å². The van der Waals surface area contributed by atoms with Crippen molar-refractivity contribution in [1.29, 1.82) is 0 Å². The van der Waals surface area contributed by atoms with E-state index < -0.39 is 8.07 Å². The summed E-state index contributed by atoms with van der Waals surface area (Å²) in [5.74, 6) is 0.796. The van der Waals surface area contributed by atoms with Crippen molar-refractivity contribution in [1.82, 2.24) is 0 Å². The average molecular weight is 375 g/mol. The molecule has 1 saturated heterocycles. The molecule has 2 heteroatoms. The van der Waals surface area contributed by atoms with Crippen LogP contribution in [-0.2, 0) is 0 Å². The molecule has 4 rings (SSSR count). The van der Waals surface area contributed by atoms with Crippen molar-refractivity contribution in [2.75, 3.05) is 0 Å². The van der Waals surface area contributed by atoms with Crippen LogP contribution >= 0.6 is 0 Å². The standard InChI is InChI=1S/C25H27FSi/c1-20(24-14-8-9-15-25(24)26)21-16-18-27(19-17-21,22-10-4-2-5-11-22)23-12-6-3-7-13-23/h2-15,20-21H,16-19H2,1H3. The van der Waals surface area contributed by atoms with Crippen LogP contribution in [0.15, 0.2) is 84.9 Å². The van der Waals surface area contributed by atoms with E-state index in [1.165, 1.54) is 24.9 Å². The van der Waals surface area contributed by atoms with Gasteiger partial charge in [0.2, 0.25) is 0 Å². The number of rotatable bonds is 4. The van der Waals surface area contributed by atoms with E-state index in [0.29, 0.717) is 5.92 Å². The Balaban J connectivity index is 1.62. The van der Waals surface area contributed by atoms with Gasteiger partial charge < -0.3 is 0 Å². The molecule has 0 aliphatic carbocycles. The lowest BCUT2D eigenvalue weighted by Crippen LogP contribution is -2.59. The van der Waals surface area contributed by atoms with Gasteiger partial charge in [-0.3, -0.25) is 0 Å². The summed E-state index contributed by atoms with van der Waals surface area (Å²) in [5, 5.41) is 3.10. The molecular formula is C25H27FSi. The van der Waals surface area contributed by atoms with E-state index in [1.807, 2.05) is 12.1 Å². The maximum atomic E-state index is 14.3. The Kier molecular flexibility index (Phi) is 5.26. The second-order valence-electron chi connectivity index (χ2n) is 7.96. The largest absolute Gasteiger partial charge is 0.207 e. The van der Waals surface area contributed by atoms with E-state index in [4.69, 9.17) is 0 Å². The third-order valence-electron chi connectivity index (χ3n) is 6.64. The zero-order valence-electron chi connectivity index (χ0n) is 15.9. The molecule has 1 aliphatic heterocycles. The predicted molar refractivity (Wildman–Crippen MR) is 115 cm³/mol. The lowest BCUT2D eigenvalue weighted by Gasteiger charge is -2.41. The Morgan fingerprint density at radius 2 is 1.22 bits per heavy atom. The second-order valence-corrected chi connectivity index (χ2v) is 12.3. The minimum atomic E-state index is -1.73. The zero-order valence-corrected chi connectivity index (χ0v) is 16.9. The van der Waals surface area contributed by atoms with Gasteiger partial charge in [0.15, 0.2) is 0 Å². The summed E-state index contributed by atoms with van der Waals surface area (Å²) in [6.45, 7) is 2.21. The summed E-state index contributed by atoms with van der Waals surface area (Å²) in [5.41, 5.74) is 0.885. The Morgan fingerprint density at radius 3 is 1.74 bits per heavy atom. The van der Waals surface area contributed by atoms with Crippen LogP contribution in [-0.4, -0.2) is 8.07 Å². The average Bonchev–Trinajstić information content (AvgIpc) is 2.75. The van der Waals surface area contributed by atoms with Crippen molar-refractivity contribution in [2.45, 2.75) is 37.8 Å². The molecule has 0 radical (unpaired) electrons. The molecule has 1 heterocycles. The highest BCUT2D eigenvalue weighted by Crippen LogP contribution is 2.40. The van der Waals surface area contributed by atoms with Gasteiger partial charge in [-0.15, -0.1) is 0 Å². The van der Waals surface area contributed by atoms with Gasteiger partial charge in [0, 0.05) is 0 Å². The summed E-state index contributed by atoms with van der Waals surface area (Å²) in [6.07, 6.45) is 2.37. The lowest BCUT2D eigenvalue weighted by atomic mass is 9.83.